The van der Waals surface area contributed by atoms with Gasteiger partial charge in [0.25, 0.3) is 15.7 Å². The van der Waals surface area contributed by atoms with E-state index in [0.29, 0.717) is 18.9 Å². The summed E-state index contributed by atoms with van der Waals surface area (Å²) >= 11 is 0. The van der Waals surface area contributed by atoms with Crippen molar-refractivity contribution in [2.75, 3.05) is 5.32 Å². The Hall–Kier alpha value is -1.68. The Morgan fingerprint density at radius 2 is 2.00 bits per heavy atom. The van der Waals surface area contributed by atoms with Gasteiger partial charge in [-0.1, -0.05) is 6.07 Å². The highest BCUT2D eigenvalue weighted by Crippen LogP contribution is 2.35. The van der Waals surface area contributed by atoms with Crippen molar-refractivity contribution in [3.8, 4) is 0 Å². The van der Waals surface area contributed by atoms with Crippen LogP contribution in [0.3, 0.4) is 0 Å². The fraction of sp³-hybridized carbons (Fsp3) is 0.462. The standard InChI is InChI=1S/C13H14F4N2O3S/c14-12(6-2-5-10(12)18)11(20)19-8-3-1-4-9(7-8)23(21,22)13(15,16)17/h1,3-4,7,10H,2,5-6,18H2,(H,19,20). The lowest BCUT2D eigenvalue weighted by Crippen LogP contribution is -2.49. The molecule has 128 valence electrons. The minimum absolute atomic E-state index is 0.0967. The number of nitrogens with two attached hydrogens (primary N) is 1. The van der Waals surface area contributed by atoms with E-state index in [4.69, 9.17) is 5.73 Å². The van der Waals surface area contributed by atoms with Gasteiger partial charge >= 0.3 is 5.51 Å². The molecule has 1 aliphatic carbocycles. The molecule has 0 aliphatic heterocycles. The molecule has 23 heavy (non-hydrogen) atoms. The summed E-state index contributed by atoms with van der Waals surface area (Å²) in [4.78, 5) is 10.9. The average Bonchev–Trinajstić information content (AvgIpc) is 2.79. The molecule has 10 heteroatoms. The first-order valence-corrected chi connectivity index (χ1v) is 8.14. The number of rotatable bonds is 3. The van der Waals surface area contributed by atoms with Gasteiger partial charge < -0.3 is 11.1 Å². The Kier molecular flexibility index (Phi) is 4.42. The lowest BCUT2D eigenvalue weighted by molar-refractivity contribution is -0.127. The van der Waals surface area contributed by atoms with Crippen molar-refractivity contribution in [3.05, 3.63) is 24.3 Å². The van der Waals surface area contributed by atoms with E-state index in [9.17, 15) is 30.8 Å². The van der Waals surface area contributed by atoms with Crippen molar-refractivity contribution < 1.29 is 30.8 Å². The third kappa shape index (κ3) is 3.18. The van der Waals surface area contributed by atoms with Gasteiger partial charge in [0.15, 0.2) is 0 Å². The fourth-order valence-corrected chi connectivity index (χ4v) is 3.19. The number of alkyl halides is 4. The number of nitrogens with one attached hydrogen (secondary N) is 1. The number of carbonyl (C=O) groups is 1. The number of hydrogen-bond acceptors (Lipinski definition) is 4. The van der Waals surface area contributed by atoms with Crippen LogP contribution in [0.1, 0.15) is 19.3 Å². The van der Waals surface area contributed by atoms with Crippen molar-refractivity contribution in [3.63, 3.8) is 0 Å². The van der Waals surface area contributed by atoms with E-state index in [1.165, 1.54) is 0 Å². The molecule has 2 rings (SSSR count). The summed E-state index contributed by atoms with van der Waals surface area (Å²) in [5.74, 6) is -1.09. The van der Waals surface area contributed by atoms with Gasteiger partial charge in [-0.3, -0.25) is 4.79 Å². The second-order valence-corrected chi connectivity index (χ2v) is 7.23. The van der Waals surface area contributed by atoms with E-state index >= 15 is 0 Å². The van der Waals surface area contributed by atoms with Crippen LogP contribution in [0.4, 0.5) is 23.2 Å². The minimum Gasteiger partial charge on any atom is -0.325 e. The predicted octanol–water partition coefficient (Wildman–Crippen LogP) is 2.14. The van der Waals surface area contributed by atoms with E-state index in [2.05, 4.69) is 5.32 Å². The molecule has 0 saturated heterocycles. The molecule has 0 heterocycles. The van der Waals surface area contributed by atoms with Gasteiger partial charge in [-0.25, -0.2) is 12.8 Å². The first-order valence-electron chi connectivity index (χ1n) is 6.66. The molecule has 0 bridgehead atoms. The number of halogens is 4. The van der Waals surface area contributed by atoms with E-state index in [0.717, 1.165) is 18.2 Å². The fourth-order valence-electron chi connectivity index (χ4n) is 2.38. The number of benzene rings is 1. The Morgan fingerprint density at radius 3 is 2.52 bits per heavy atom. The molecular formula is C13H14F4N2O3S. The predicted molar refractivity (Wildman–Crippen MR) is 74.0 cm³/mol. The van der Waals surface area contributed by atoms with Gasteiger partial charge in [-0.15, -0.1) is 0 Å². The van der Waals surface area contributed by atoms with Gasteiger partial charge in [0.1, 0.15) is 0 Å². The third-order valence-corrected chi connectivity index (χ3v) is 5.21. The van der Waals surface area contributed by atoms with Crippen LogP contribution in [-0.2, 0) is 14.6 Å². The van der Waals surface area contributed by atoms with Gasteiger partial charge in [0, 0.05) is 11.7 Å². The number of anilines is 1. The summed E-state index contributed by atoms with van der Waals surface area (Å²) < 4.78 is 74.7. The Labute approximate surface area is 129 Å². The molecule has 2 atom stereocenters. The van der Waals surface area contributed by atoms with Gasteiger partial charge in [0.2, 0.25) is 5.67 Å². The van der Waals surface area contributed by atoms with Crippen LogP contribution in [0, 0.1) is 0 Å². The topological polar surface area (TPSA) is 89.3 Å². The van der Waals surface area contributed by atoms with Crippen LogP contribution in [0.25, 0.3) is 0 Å². The Bertz CT molecular complexity index is 720. The molecule has 0 radical (unpaired) electrons. The molecule has 1 aromatic rings. The van der Waals surface area contributed by atoms with Crippen LogP contribution in [0.2, 0.25) is 0 Å². The highest BCUT2D eigenvalue weighted by molar-refractivity contribution is 7.92. The van der Waals surface area contributed by atoms with E-state index in [1.54, 1.807) is 0 Å². The largest absolute Gasteiger partial charge is 0.501 e. The van der Waals surface area contributed by atoms with Crippen molar-refractivity contribution in [1.82, 2.24) is 0 Å². The number of carbonyl (C=O) groups excluding carboxylic acids is 1. The highest BCUT2D eigenvalue weighted by atomic mass is 32.2. The van der Waals surface area contributed by atoms with Crippen LogP contribution in [0.15, 0.2) is 29.2 Å². The Morgan fingerprint density at radius 1 is 1.35 bits per heavy atom. The summed E-state index contributed by atoms with van der Waals surface area (Å²) in [7, 11) is -5.55. The van der Waals surface area contributed by atoms with Gasteiger partial charge in [-0.05, 0) is 37.5 Å². The molecular weight excluding hydrogens is 340 g/mol. The molecule has 0 spiro atoms. The highest BCUT2D eigenvalue weighted by Gasteiger charge is 2.49. The van der Waals surface area contributed by atoms with Crippen molar-refractivity contribution in [2.24, 2.45) is 5.73 Å². The maximum Gasteiger partial charge on any atom is 0.501 e. The second kappa shape index (κ2) is 5.75. The molecule has 2 unspecified atom stereocenters. The Balaban J connectivity index is 2.27. The van der Waals surface area contributed by atoms with Gasteiger partial charge in [-0.2, -0.15) is 13.2 Å². The quantitative estimate of drug-likeness (QED) is 0.814. The maximum atomic E-state index is 14.5. The summed E-state index contributed by atoms with van der Waals surface area (Å²) in [6.45, 7) is 0. The second-order valence-electron chi connectivity index (χ2n) is 5.29. The minimum atomic E-state index is -5.55. The van der Waals surface area contributed by atoms with Crippen LogP contribution in [0.5, 0.6) is 0 Å². The normalized spacial score (nSPS) is 25.3. The van der Waals surface area contributed by atoms with E-state index in [1.807, 2.05) is 0 Å². The van der Waals surface area contributed by atoms with E-state index < -0.39 is 37.9 Å². The number of hydrogen-bond donors (Lipinski definition) is 2. The van der Waals surface area contributed by atoms with Crippen molar-refractivity contribution in [2.45, 2.75) is 41.4 Å². The maximum absolute atomic E-state index is 14.5. The summed E-state index contributed by atoms with van der Waals surface area (Å²) in [6.07, 6.45) is 0.626. The average molecular weight is 354 g/mol. The number of sulfone groups is 1. The molecule has 1 aromatic carbocycles. The lowest BCUT2D eigenvalue weighted by atomic mass is 9.99. The lowest BCUT2D eigenvalue weighted by Gasteiger charge is -2.23. The molecule has 0 aromatic heterocycles. The zero-order valence-electron chi connectivity index (χ0n) is 11.7. The van der Waals surface area contributed by atoms with Crippen LogP contribution >= 0.6 is 0 Å². The number of amides is 1. The molecule has 3 N–H and O–H groups in total. The zero-order valence-corrected chi connectivity index (χ0v) is 12.5. The smallest absolute Gasteiger partial charge is 0.325 e. The monoisotopic (exact) mass is 354 g/mol. The van der Waals surface area contributed by atoms with Crippen molar-refractivity contribution in [1.29, 1.82) is 0 Å². The van der Waals surface area contributed by atoms with Crippen LogP contribution < -0.4 is 11.1 Å². The van der Waals surface area contributed by atoms with Crippen LogP contribution in [-0.4, -0.2) is 31.5 Å². The first-order chi connectivity index (χ1) is 10.5. The summed E-state index contributed by atoms with van der Waals surface area (Å²) in [6, 6.07) is 2.55. The van der Waals surface area contributed by atoms with Crippen molar-refractivity contribution >= 4 is 21.4 Å². The molecule has 1 aliphatic rings. The van der Waals surface area contributed by atoms with Gasteiger partial charge in [0.05, 0.1) is 4.90 Å². The van der Waals surface area contributed by atoms with E-state index in [-0.39, 0.29) is 12.1 Å². The molecule has 1 saturated carbocycles. The summed E-state index contributed by atoms with van der Waals surface area (Å²) in [5, 5.41) is 2.09. The third-order valence-electron chi connectivity index (χ3n) is 3.73. The first kappa shape index (κ1) is 17.7. The summed E-state index contributed by atoms with van der Waals surface area (Å²) in [5.41, 5.74) is -2.50. The SMILES string of the molecule is NC1CCCC1(F)C(=O)Nc1cccc(S(=O)(=O)C(F)(F)F)c1. The molecule has 1 fully saturated rings. The molecule has 1 amide bonds. The zero-order chi connectivity index (χ0) is 17.5. The molecule has 5 nitrogen and oxygen atoms in total.